The topological polar surface area (TPSA) is 67.3 Å². The summed E-state index contributed by atoms with van der Waals surface area (Å²) in [6, 6.07) is 2.15. The fraction of sp³-hybridized carbons (Fsp3) is 0.529. The number of nitrogens with zero attached hydrogens (tertiary/aromatic N) is 6. The maximum Gasteiger partial charge on any atom is 0.225 e. The predicted octanol–water partition coefficient (Wildman–Crippen LogP) is 2.25. The van der Waals surface area contributed by atoms with E-state index in [1.807, 2.05) is 0 Å². The predicted molar refractivity (Wildman–Crippen MR) is 99.0 cm³/mol. The first-order chi connectivity index (χ1) is 12.3. The Morgan fingerprint density at radius 2 is 1.60 bits per heavy atom. The van der Waals surface area contributed by atoms with E-state index in [1.54, 1.807) is 18.7 Å². The monoisotopic (exact) mass is 404 g/mol. The Balaban J connectivity index is 1.41. The van der Waals surface area contributed by atoms with E-state index < -0.39 is 0 Å². The maximum absolute atomic E-state index is 5.45. The van der Waals surface area contributed by atoms with Crippen LogP contribution in [-0.2, 0) is 4.74 Å². The van der Waals surface area contributed by atoms with E-state index in [0.717, 1.165) is 74.2 Å². The van der Waals surface area contributed by atoms with Crippen molar-refractivity contribution in [3.05, 3.63) is 35.0 Å². The van der Waals surface area contributed by atoms with Crippen LogP contribution in [0, 0.1) is 0 Å². The third-order valence-corrected chi connectivity index (χ3v) is 5.22. The molecule has 0 aliphatic carbocycles. The van der Waals surface area contributed by atoms with E-state index in [1.165, 1.54) is 0 Å². The molecule has 7 nitrogen and oxygen atoms in total. The summed E-state index contributed by atoms with van der Waals surface area (Å²) in [5.41, 5.74) is 1.15. The van der Waals surface area contributed by atoms with Crippen LogP contribution < -0.4 is 9.80 Å². The average Bonchev–Trinajstić information content (AvgIpc) is 2.70. The highest BCUT2D eigenvalue weighted by molar-refractivity contribution is 9.10. The summed E-state index contributed by atoms with van der Waals surface area (Å²) in [4.78, 5) is 22.3. The Bertz CT molecular complexity index is 699. The zero-order chi connectivity index (χ0) is 17.1. The quantitative estimate of drug-likeness (QED) is 0.776. The van der Waals surface area contributed by atoms with Gasteiger partial charge in [0.1, 0.15) is 12.1 Å². The number of hydrogen-bond acceptors (Lipinski definition) is 7. The second-order valence-electron chi connectivity index (χ2n) is 6.36. The van der Waals surface area contributed by atoms with Gasteiger partial charge in [0.15, 0.2) is 0 Å². The van der Waals surface area contributed by atoms with Gasteiger partial charge in [-0.25, -0.2) is 19.9 Å². The average molecular weight is 405 g/mol. The molecule has 2 aliphatic heterocycles. The summed E-state index contributed by atoms with van der Waals surface area (Å²) in [6.45, 7) is 5.25. The van der Waals surface area contributed by atoms with E-state index in [0.29, 0.717) is 5.92 Å². The molecule has 0 aromatic carbocycles. The molecule has 0 N–H and O–H groups in total. The summed E-state index contributed by atoms with van der Waals surface area (Å²) in [7, 11) is 0. The number of ether oxygens (including phenoxy) is 1. The van der Waals surface area contributed by atoms with Gasteiger partial charge in [-0.1, -0.05) is 0 Å². The van der Waals surface area contributed by atoms with Crippen molar-refractivity contribution in [1.82, 2.24) is 19.9 Å². The van der Waals surface area contributed by atoms with Gasteiger partial charge in [-0.3, -0.25) is 0 Å². The van der Waals surface area contributed by atoms with E-state index >= 15 is 0 Å². The van der Waals surface area contributed by atoms with Gasteiger partial charge in [0, 0.05) is 69.5 Å². The molecule has 2 aromatic rings. The number of hydrogen-bond donors (Lipinski definition) is 0. The van der Waals surface area contributed by atoms with Crippen LogP contribution in [0.3, 0.4) is 0 Å². The van der Waals surface area contributed by atoms with Gasteiger partial charge in [-0.2, -0.15) is 0 Å². The number of anilines is 2. The maximum atomic E-state index is 5.45. The molecule has 0 spiro atoms. The Labute approximate surface area is 155 Å². The molecule has 8 heteroatoms. The summed E-state index contributed by atoms with van der Waals surface area (Å²) in [5, 5.41) is 0. The molecule has 4 rings (SSSR count). The van der Waals surface area contributed by atoms with E-state index in [2.05, 4.69) is 51.7 Å². The van der Waals surface area contributed by atoms with Crippen LogP contribution in [0.4, 0.5) is 11.8 Å². The van der Waals surface area contributed by atoms with Gasteiger partial charge >= 0.3 is 0 Å². The van der Waals surface area contributed by atoms with Crippen molar-refractivity contribution in [2.24, 2.45) is 0 Å². The van der Waals surface area contributed by atoms with Gasteiger partial charge in [0.25, 0.3) is 0 Å². The van der Waals surface area contributed by atoms with Gasteiger partial charge in [-0.15, -0.1) is 0 Å². The van der Waals surface area contributed by atoms with Gasteiger partial charge in [-0.05, 0) is 28.8 Å². The highest BCUT2D eigenvalue weighted by atomic mass is 79.9. The highest BCUT2D eigenvalue weighted by Crippen LogP contribution is 2.27. The molecule has 2 aromatic heterocycles. The second-order valence-corrected chi connectivity index (χ2v) is 7.28. The molecule has 132 valence electrons. The van der Waals surface area contributed by atoms with Crippen molar-refractivity contribution in [2.45, 2.75) is 18.8 Å². The lowest BCUT2D eigenvalue weighted by Crippen LogP contribution is -2.47. The zero-order valence-electron chi connectivity index (χ0n) is 14.0. The lowest BCUT2D eigenvalue weighted by molar-refractivity contribution is 0.0845. The van der Waals surface area contributed by atoms with Crippen LogP contribution in [0.25, 0.3) is 0 Å². The summed E-state index contributed by atoms with van der Waals surface area (Å²) >= 11 is 3.38. The van der Waals surface area contributed by atoms with E-state index in [4.69, 9.17) is 4.74 Å². The molecule has 0 saturated carbocycles. The SMILES string of the molecule is Brc1cnc(N2CCN(c3cc(C4CCOCC4)ncn3)CC2)nc1. The molecule has 0 unspecified atom stereocenters. The normalized spacial score (nSPS) is 19.2. The van der Waals surface area contributed by atoms with Crippen molar-refractivity contribution in [3.8, 4) is 0 Å². The third kappa shape index (κ3) is 3.90. The summed E-state index contributed by atoms with van der Waals surface area (Å²) < 4.78 is 6.35. The molecule has 0 amide bonds. The Morgan fingerprint density at radius 3 is 2.32 bits per heavy atom. The van der Waals surface area contributed by atoms with Crippen molar-refractivity contribution in [2.75, 3.05) is 49.2 Å². The van der Waals surface area contributed by atoms with Crippen LogP contribution in [0.15, 0.2) is 29.3 Å². The van der Waals surface area contributed by atoms with Crippen LogP contribution in [0.2, 0.25) is 0 Å². The summed E-state index contributed by atoms with van der Waals surface area (Å²) in [5.74, 6) is 2.30. The molecule has 0 atom stereocenters. The van der Waals surface area contributed by atoms with Crippen LogP contribution >= 0.6 is 15.9 Å². The molecule has 0 bridgehead atoms. The minimum Gasteiger partial charge on any atom is -0.381 e. The molecule has 25 heavy (non-hydrogen) atoms. The first-order valence-corrected chi connectivity index (χ1v) is 9.46. The van der Waals surface area contributed by atoms with Gasteiger partial charge < -0.3 is 14.5 Å². The molecular weight excluding hydrogens is 384 g/mol. The highest BCUT2D eigenvalue weighted by Gasteiger charge is 2.22. The van der Waals surface area contributed by atoms with Crippen LogP contribution in [0.5, 0.6) is 0 Å². The third-order valence-electron chi connectivity index (χ3n) is 4.81. The van der Waals surface area contributed by atoms with Crippen LogP contribution in [-0.4, -0.2) is 59.3 Å². The van der Waals surface area contributed by atoms with E-state index in [-0.39, 0.29) is 0 Å². The summed E-state index contributed by atoms with van der Waals surface area (Å²) in [6.07, 6.45) is 7.37. The van der Waals surface area contributed by atoms with Crippen LogP contribution in [0.1, 0.15) is 24.5 Å². The van der Waals surface area contributed by atoms with Crippen molar-refractivity contribution in [1.29, 1.82) is 0 Å². The fourth-order valence-corrected chi connectivity index (χ4v) is 3.56. The second kappa shape index (κ2) is 7.61. The van der Waals surface area contributed by atoms with Crippen molar-refractivity contribution >= 4 is 27.7 Å². The van der Waals surface area contributed by atoms with Gasteiger partial charge in [0.05, 0.1) is 4.47 Å². The number of piperazine rings is 1. The van der Waals surface area contributed by atoms with Gasteiger partial charge in [0.2, 0.25) is 5.95 Å². The van der Waals surface area contributed by atoms with E-state index in [9.17, 15) is 0 Å². The largest absolute Gasteiger partial charge is 0.381 e. The standard InChI is InChI=1S/C17H21BrN6O/c18-14-10-19-17(20-11-14)24-5-3-23(4-6-24)16-9-15(21-12-22-16)13-1-7-25-8-2-13/h9-13H,1-8H2. The molecule has 2 saturated heterocycles. The number of rotatable bonds is 3. The fourth-order valence-electron chi connectivity index (χ4n) is 3.36. The lowest BCUT2D eigenvalue weighted by Gasteiger charge is -2.35. The first kappa shape index (κ1) is 16.7. The number of halogens is 1. The Kier molecular flexibility index (Phi) is 5.07. The minimum atomic E-state index is 0.493. The first-order valence-electron chi connectivity index (χ1n) is 8.67. The Hall–Kier alpha value is -1.80. The minimum absolute atomic E-state index is 0.493. The zero-order valence-corrected chi connectivity index (χ0v) is 15.6. The smallest absolute Gasteiger partial charge is 0.225 e. The Morgan fingerprint density at radius 1 is 0.920 bits per heavy atom. The number of aromatic nitrogens is 4. The molecule has 0 radical (unpaired) electrons. The molecule has 2 fully saturated rings. The van der Waals surface area contributed by atoms with Crippen molar-refractivity contribution in [3.63, 3.8) is 0 Å². The molecule has 4 heterocycles. The molecule has 2 aliphatic rings. The molecular formula is C17H21BrN6O. The lowest BCUT2D eigenvalue weighted by atomic mass is 9.96. The van der Waals surface area contributed by atoms with Crippen molar-refractivity contribution < 1.29 is 4.74 Å².